The molecule has 22 heavy (non-hydrogen) atoms. The van der Waals surface area contributed by atoms with Crippen LogP contribution in [0.4, 0.5) is 5.69 Å². The molecule has 2 amide bonds. The highest BCUT2D eigenvalue weighted by Crippen LogP contribution is 2.28. The average Bonchev–Trinajstić information content (AvgIpc) is 2.70. The molecule has 0 unspecified atom stereocenters. The van der Waals surface area contributed by atoms with Crippen LogP contribution in [0.1, 0.15) is 24.2 Å². The Morgan fingerprint density at radius 3 is 2.59 bits per heavy atom. The second kappa shape index (κ2) is 6.38. The molecule has 0 spiro atoms. The molecule has 7 heteroatoms. The van der Waals surface area contributed by atoms with Crippen molar-refractivity contribution in [2.75, 3.05) is 18.1 Å². The van der Waals surface area contributed by atoms with Crippen molar-refractivity contribution in [1.29, 1.82) is 0 Å². The average molecular weight is 304 g/mol. The highest BCUT2D eigenvalue weighted by molar-refractivity contribution is 6.52. The number of carbonyl (C=O) groups excluding carboxylic acids is 4. The molecule has 0 bridgehead atoms. The number of benzene rings is 1. The molecule has 1 aliphatic rings. The van der Waals surface area contributed by atoms with Gasteiger partial charge in [0.2, 0.25) is 0 Å². The predicted molar refractivity (Wildman–Crippen MR) is 77.4 cm³/mol. The number of anilines is 1. The molecule has 0 saturated carbocycles. The summed E-state index contributed by atoms with van der Waals surface area (Å²) in [6, 6.07) is 6.35. The summed E-state index contributed by atoms with van der Waals surface area (Å²) in [7, 11) is 0. The lowest BCUT2D eigenvalue weighted by atomic mass is 10.1. The minimum absolute atomic E-state index is 0.0594. The Morgan fingerprint density at radius 2 is 1.91 bits per heavy atom. The number of ether oxygens (including phenoxy) is 1. The maximum atomic E-state index is 11.9. The van der Waals surface area contributed by atoms with Crippen molar-refractivity contribution >= 4 is 29.3 Å². The zero-order chi connectivity index (χ0) is 16.3. The maximum absolute atomic E-state index is 11.9. The van der Waals surface area contributed by atoms with Crippen molar-refractivity contribution in [2.45, 2.75) is 19.9 Å². The van der Waals surface area contributed by atoms with Gasteiger partial charge in [0.25, 0.3) is 17.6 Å². The Morgan fingerprint density at radius 1 is 1.23 bits per heavy atom. The number of hydrogen-bond acceptors (Lipinski definition) is 5. The van der Waals surface area contributed by atoms with Crippen LogP contribution in [0.25, 0.3) is 0 Å². The first-order valence-electron chi connectivity index (χ1n) is 6.80. The van der Waals surface area contributed by atoms with E-state index in [9.17, 15) is 19.2 Å². The standard InChI is InChI=1S/C15H16N2O5/c1-9(2)16-12(18)8-22-13(19)7-17-11-6-4-3-5-10(11)14(20)15(17)21/h3-6,9H,7-8H2,1-2H3,(H,16,18). The molecule has 2 rings (SSSR count). The smallest absolute Gasteiger partial charge is 0.326 e. The Balaban J connectivity index is 1.96. The highest BCUT2D eigenvalue weighted by atomic mass is 16.5. The van der Waals surface area contributed by atoms with Crippen molar-refractivity contribution in [3.05, 3.63) is 29.8 Å². The van der Waals surface area contributed by atoms with E-state index in [2.05, 4.69) is 5.32 Å². The van der Waals surface area contributed by atoms with Gasteiger partial charge in [-0.15, -0.1) is 0 Å². The number of hydrogen-bond donors (Lipinski definition) is 1. The molecule has 0 fully saturated rings. The molecule has 1 aliphatic heterocycles. The third kappa shape index (κ3) is 3.30. The minimum atomic E-state index is -0.773. The molecule has 1 heterocycles. The molecule has 0 radical (unpaired) electrons. The largest absolute Gasteiger partial charge is 0.454 e. The Bertz CT molecular complexity index is 639. The summed E-state index contributed by atoms with van der Waals surface area (Å²) < 4.78 is 4.81. The number of Topliss-reactive ketones (excluding diaryl/α,β-unsaturated/α-hetero) is 1. The van der Waals surface area contributed by atoms with Crippen molar-refractivity contribution in [3.8, 4) is 0 Å². The van der Waals surface area contributed by atoms with Gasteiger partial charge in [-0.1, -0.05) is 12.1 Å². The van der Waals surface area contributed by atoms with Gasteiger partial charge in [-0.3, -0.25) is 24.1 Å². The summed E-state index contributed by atoms with van der Waals surface area (Å²) >= 11 is 0. The fraction of sp³-hybridized carbons (Fsp3) is 0.333. The number of esters is 1. The summed E-state index contributed by atoms with van der Waals surface area (Å²) in [6.45, 7) is 2.74. The second-order valence-electron chi connectivity index (χ2n) is 5.12. The van der Waals surface area contributed by atoms with Crippen LogP contribution in [0.2, 0.25) is 0 Å². The number of rotatable bonds is 5. The number of carbonyl (C=O) groups is 4. The molecule has 116 valence electrons. The Hall–Kier alpha value is -2.70. The number of amides is 2. The Kier molecular flexibility index (Phi) is 4.55. The quantitative estimate of drug-likeness (QED) is 0.623. The third-order valence-electron chi connectivity index (χ3n) is 2.98. The first-order chi connectivity index (χ1) is 10.4. The van der Waals surface area contributed by atoms with E-state index in [1.54, 1.807) is 32.0 Å². The van der Waals surface area contributed by atoms with Gasteiger partial charge in [-0.25, -0.2) is 0 Å². The van der Waals surface area contributed by atoms with Crippen LogP contribution in [-0.4, -0.2) is 42.8 Å². The molecule has 7 nitrogen and oxygen atoms in total. The van der Waals surface area contributed by atoms with Crippen LogP contribution in [0, 0.1) is 0 Å². The van der Waals surface area contributed by atoms with Gasteiger partial charge in [-0.05, 0) is 26.0 Å². The fourth-order valence-corrected chi connectivity index (χ4v) is 2.09. The molecule has 0 aromatic heterocycles. The lowest BCUT2D eigenvalue weighted by molar-refractivity contribution is -0.147. The summed E-state index contributed by atoms with van der Waals surface area (Å²) in [5, 5.41) is 2.57. The van der Waals surface area contributed by atoms with Crippen LogP contribution in [-0.2, 0) is 19.1 Å². The molecule has 1 aromatic rings. The number of ketones is 1. The van der Waals surface area contributed by atoms with E-state index in [1.807, 2.05) is 0 Å². The molecule has 0 aliphatic carbocycles. The maximum Gasteiger partial charge on any atom is 0.326 e. The van der Waals surface area contributed by atoms with Crippen molar-refractivity contribution in [1.82, 2.24) is 5.32 Å². The molecule has 0 saturated heterocycles. The lowest BCUT2D eigenvalue weighted by Crippen LogP contribution is -2.38. The van der Waals surface area contributed by atoms with Gasteiger partial charge in [0.15, 0.2) is 6.61 Å². The summed E-state index contributed by atoms with van der Waals surface area (Å²) in [5.74, 6) is -2.60. The molecule has 0 atom stereocenters. The number of nitrogens with one attached hydrogen (secondary N) is 1. The topological polar surface area (TPSA) is 92.8 Å². The van der Waals surface area contributed by atoms with Crippen molar-refractivity contribution in [2.24, 2.45) is 0 Å². The van der Waals surface area contributed by atoms with Crippen molar-refractivity contribution in [3.63, 3.8) is 0 Å². The zero-order valence-electron chi connectivity index (χ0n) is 12.3. The van der Waals surface area contributed by atoms with E-state index in [4.69, 9.17) is 4.74 Å². The van der Waals surface area contributed by atoms with Crippen LogP contribution in [0.5, 0.6) is 0 Å². The minimum Gasteiger partial charge on any atom is -0.454 e. The van der Waals surface area contributed by atoms with Crippen LogP contribution in [0.15, 0.2) is 24.3 Å². The molecular formula is C15H16N2O5. The van der Waals surface area contributed by atoms with Crippen LogP contribution >= 0.6 is 0 Å². The lowest BCUT2D eigenvalue weighted by Gasteiger charge is -2.15. The molecule has 1 N–H and O–H groups in total. The van der Waals surface area contributed by atoms with E-state index in [1.165, 1.54) is 6.07 Å². The monoisotopic (exact) mass is 304 g/mol. The first kappa shape index (κ1) is 15.7. The van der Waals surface area contributed by atoms with Crippen LogP contribution in [0.3, 0.4) is 0 Å². The zero-order valence-corrected chi connectivity index (χ0v) is 12.3. The normalized spacial score (nSPS) is 13.3. The summed E-state index contributed by atoms with van der Waals surface area (Å²) in [6.07, 6.45) is 0. The van der Waals surface area contributed by atoms with Gasteiger partial charge in [-0.2, -0.15) is 0 Å². The van der Waals surface area contributed by atoms with Crippen LogP contribution < -0.4 is 10.2 Å². The van der Waals surface area contributed by atoms with Crippen molar-refractivity contribution < 1.29 is 23.9 Å². The molecular weight excluding hydrogens is 288 g/mol. The molecule has 1 aromatic carbocycles. The van der Waals surface area contributed by atoms with Gasteiger partial charge in [0.1, 0.15) is 6.54 Å². The van der Waals surface area contributed by atoms with E-state index >= 15 is 0 Å². The predicted octanol–water partition coefficient (Wildman–Crippen LogP) is 0.284. The van der Waals surface area contributed by atoms with Gasteiger partial charge in [0, 0.05) is 6.04 Å². The van der Waals surface area contributed by atoms with E-state index in [0.717, 1.165) is 4.90 Å². The highest BCUT2D eigenvalue weighted by Gasteiger charge is 2.36. The van der Waals surface area contributed by atoms with E-state index in [-0.39, 0.29) is 11.6 Å². The van der Waals surface area contributed by atoms with Gasteiger partial charge in [0.05, 0.1) is 11.3 Å². The number of nitrogens with zero attached hydrogens (tertiary/aromatic N) is 1. The Labute approximate surface area is 127 Å². The van der Waals surface area contributed by atoms with E-state index in [0.29, 0.717) is 5.69 Å². The third-order valence-corrected chi connectivity index (χ3v) is 2.98. The first-order valence-corrected chi connectivity index (χ1v) is 6.80. The SMILES string of the molecule is CC(C)NC(=O)COC(=O)CN1C(=O)C(=O)c2ccccc21. The van der Waals surface area contributed by atoms with E-state index < -0.39 is 36.7 Å². The summed E-state index contributed by atoms with van der Waals surface area (Å²) in [4.78, 5) is 47.8. The number of fused-ring (bicyclic) bond motifs is 1. The van der Waals surface area contributed by atoms with Gasteiger partial charge >= 0.3 is 5.97 Å². The number of para-hydroxylation sites is 1. The van der Waals surface area contributed by atoms with Gasteiger partial charge < -0.3 is 10.1 Å². The second-order valence-corrected chi connectivity index (χ2v) is 5.12. The summed E-state index contributed by atoms with van der Waals surface area (Å²) in [5.41, 5.74) is 0.638. The fourth-order valence-electron chi connectivity index (χ4n) is 2.09.